The first-order valence-corrected chi connectivity index (χ1v) is 7.73. The van der Waals surface area contributed by atoms with Gasteiger partial charge in [-0.2, -0.15) is 0 Å². The SMILES string of the molecule is CCNC1C2COc3ccccc3C2C1(CC)CC. The van der Waals surface area contributed by atoms with Gasteiger partial charge in [0.05, 0.1) is 6.61 Å². The molecular weight excluding hydrogens is 234 g/mol. The minimum atomic E-state index is 0.417. The zero-order valence-electron chi connectivity index (χ0n) is 12.3. The molecule has 2 nitrogen and oxygen atoms in total. The van der Waals surface area contributed by atoms with Crippen LogP contribution in [0, 0.1) is 11.3 Å². The zero-order valence-corrected chi connectivity index (χ0v) is 12.3. The molecular formula is C17H25NO. The molecule has 1 aromatic rings. The number of hydrogen-bond donors (Lipinski definition) is 1. The molecule has 19 heavy (non-hydrogen) atoms. The van der Waals surface area contributed by atoms with Crippen LogP contribution in [0.4, 0.5) is 0 Å². The predicted molar refractivity (Wildman–Crippen MR) is 78.6 cm³/mol. The highest BCUT2D eigenvalue weighted by molar-refractivity contribution is 5.43. The summed E-state index contributed by atoms with van der Waals surface area (Å²) < 4.78 is 5.98. The quantitative estimate of drug-likeness (QED) is 0.892. The van der Waals surface area contributed by atoms with E-state index in [0.29, 0.717) is 23.3 Å². The number of hydrogen-bond acceptors (Lipinski definition) is 2. The highest BCUT2D eigenvalue weighted by Crippen LogP contribution is 2.63. The molecule has 0 spiro atoms. The fraction of sp³-hybridized carbons (Fsp3) is 0.647. The Morgan fingerprint density at radius 1 is 1.21 bits per heavy atom. The minimum absolute atomic E-state index is 0.417. The molecule has 0 bridgehead atoms. The molecule has 0 aromatic heterocycles. The van der Waals surface area contributed by atoms with Gasteiger partial charge in [-0.25, -0.2) is 0 Å². The Morgan fingerprint density at radius 3 is 2.63 bits per heavy atom. The van der Waals surface area contributed by atoms with Crippen molar-refractivity contribution >= 4 is 0 Å². The molecule has 1 N–H and O–H groups in total. The highest BCUT2D eigenvalue weighted by atomic mass is 16.5. The van der Waals surface area contributed by atoms with Crippen LogP contribution in [0.25, 0.3) is 0 Å². The maximum atomic E-state index is 5.98. The summed E-state index contributed by atoms with van der Waals surface area (Å²) in [7, 11) is 0. The van der Waals surface area contributed by atoms with Gasteiger partial charge in [0.1, 0.15) is 5.75 Å². The first-order chi connectivity index (χ1) is 9.28. The van der Waals surface area contributed by atoms with E-state index in [1.807, 2.05) is 0 Å². The van der Waals surface area contributed by atoms with Crippen molar-refractivity contribution in [1.29, 1.82) is 0 Å². The monoisotopic (exact) mass is 259 g/mol. The van der Waals surface area contributed by atoms with Gasteiger partial charge >= 0.3 is 0 Å². The third-order valence-corrected chi connectivity index (χ3v) is 5.52. The lowest BCUT2D eigenvalue weighted by Crippen LogP contribution is -2.67. The van der Waals surface area contributed by atoms with Crippen molar-refractivity contribution in [2.24, 2.45) is 11.3 Å². The Kier molecular flexibility index (Phi) is 3.30. The molecule has 1 aliphatic carbocycles. The van der Waals surface area contributed by atoms with E-state index in [4.69, 9.17) is 4.74 Å². The average molecular weight is 259 g/mol. The molecule has 3 unspecified atom stereocenters. The summed E-state index contributed by atoms with van der Waals surface area (Å²) in [5.41, 5.74) is 1.86. The van der Waals surface area contributed by atoms with Gasteiger partial charge in [0.15, 0.2) is 0 Å². The lowest BCUT2D eigenvalue weighted by Gasteiger charge is -2.63. The van der Waals surface area contributed by atoms with Crippen molar-refractivity contribution < 1.29 is 4.74 Å². The molecule has 0 saturated heterocycles. The molecule has 1 aliphatic heterocycles. The summed E-state index contributed by atoms with van der Waals surface area (Å²) in [5, 5.41) is 3.72. The van der Waals surface area contributed by atoms with Gasteiger partial charge in [-0.3, -0.25) is 0 Å². The largest absolute Gasteiger partial charge is 0.493 e. The first-order valence-electron chi connectivity index (χ1n) is 7.73. The normalized spacial score (nSPS) is 30.8. The second kappa shape index (κ2) is 4.82. The van der Waals surface area contributed by atoms with Crippen LogP contribution in [-0.4, -0.2) is 19.2 Å². The molecule has 1 saturated carbocycles. The fourth-order valence-corrected chi connectivity index (χ4v) is 4.61. The third kappa shape index (κ3) is 1.66. The number of rotatable bonds is 4. The van der Waals surface area contributed by atoms with E-state index in [1.165, 1.54) is 18.4 Å². The topological polar surface area (TPSA) is 21.3 Å². The highest BCUT2D eigenvalue weighted by Gasteiger charge is 2.61. The second-order valence-corrected chi connectivity index (χ2v) is 5.97. The molecule has 1 heterocycles. The molecule has 3 atom stereocenters. The molecule has 0 radical (unpaired) electrons. The number of nitrogens with one attached hydrogen (secondary N) is 1. The second-order valence-electron chi connectivity index (χ2n) is 5.97. The Hall–Kier alpha value is -1.02. The third-order valence-electron chi connectivity index (χ3n) is 5.52. The molecule has 104 valence electrons. The van der Waals surface area contributed by atoms with E-state index in [9.17, 15) is 0 Å². The van der Waals surface area contributed by atoms with Gasteiger partial charge in [-0.15, -0.1) is 0 Å². The smallest absolute Gasteiger partial charge is 0.122 e. The molecule has 1 fully saturated rings. The molecule has 1 aromatic carbocycles. The van der Waals surface area contributed by atoms with E-state index >= 15 is 0 Å². The van der Waals surface area contributed by atoms with Crippen molar-refractivity contribution in [3.05, 3.63) is 29.8 Å². The zero-order chi connectivity index (χ0) is 13.5. The predicted octanol–water partition coefficient (Wildman–Crippen LogP) is 3.58. The van der Waals surface area contributed by atoms with Gasteiger partial charge in [0.2, 0.25) is 0 Å². The van der Waals surface area contributed by atoms with Crippen LogP contribution in [0.3, 0.4) is 0 Å². The lowest BCUT2D eigenvalue weighted by atomic mass is 9.45. The molecule has 2 heteroatoms. The van der Waals surface area contributed by atoms with Crippen molar-refractivity contribution in [2.75, 3.05) is 13.2 Å². The number of fused-ring (bicyclic) bond motifs is 3. The number of para-hydroxylation sites is 1. The van der Waals surface area contributed by atoms with Crippen molar-refractivity contribution in [1.82, 2.24) is 5.32 Å². The Morgan fingerprint density at radius 2 is 1.95 bits per heavy atom. The summed E-state index contributed by atoms with van der Waals surface area (Å²) in [6.07, 6.45) is 2.49. The lowest BCUT2D eigenvalue weighted by molar-refractivity contribution is -0.0793. The summed E-state index contributed by atoms with van der Waals surface area (Å²) in [6, 6.07) is 9.25. The van der Waals surface area contributed by atoms with Gasteiger partial charge in [0.25, 0.3) is 0 Å². The van der Waals surface area contributed by atoms with E-state index in [2.05, 4.69) is 50.4 Å². The van der Waals surface area contributed by atoms with Crippen LogP contribution >= 0.6 is 0 Å². The van der Waals surface area contributed by atoms with Crippen LogP contribution in [0.1, 0.15) is 45.1 Å². The maximum absolute atomic E-state index is 5.98. The van der Waals surface area contributed by atoms with E-state index in [-0.39, 0.29) is 0 Å². The number of ether oxygens (including phenoxy) is 1. The van der Waals surface area contributed by atoms with Crippen LogP contribution < -0.4 is 10.1 Å². The summed E-state index contributed by atoms with van der Waals surface area (Å²) >= 11 is 0. The average Bonchev–Trinajstić information content (AvgIpc) is 2.46. The van der Waals surface area contributed by atoms with Gasteiger partial charge in [-0.1, -0.05) is 39.0 Å². The standard InChI is InChI=1S/C17H25NO/c1-4-17(5-2)15-12-9-7-8-10-14(12)19-11-13(15)16(17)18-6-3/h7-10,13,15-16,18H,4-6,11H2,1-3H3. The fourth-order valence-electron chi connectivity index (χ4n) is 4.61. The Balaban J connectivity index is 2.00. The molecule has 2 aliphatic rings. The maximum Gasteiger partial charge on any atom is 0.122 e. The van der Waals surface area contributed by atoms with Gasteiger partial charge < -0.3 is 10.1 Å². The number of benzene rings is 1. The molecule has 3 rings (SSSR count). The van der Waals surface area contributed by atoms with Gasteiger partial charge in [-0.05, 0) is 36.4 Å². The first kappa shape index (κ1) is 13.0. The van der Waals surface area contributed by atoms with Crippen LogP contribution in [-0.2, 0) is 0 Å². The Bertz CT molecular complexity index is 452. The van der Waals surface area contributed by atoms with E-state index in [0.717, 1.165) is 18.9 Å². The summed E-state index contributed by atoms with van der Waals surface area (Å²) in [6.45, 7) is 8.84. The molecule has 0 amide bonds. The van der Waals surface area contributed by atoms with Crippen molar-refractivity contribution in [2.45, 2.75) is 45.6 Å². The Labute approximate surface area is 116 Å². The van der Waals surface area contributed by atoms with Crippen LogP contribution in [0.5, 0.6) is 5.75 Å². The van der Waals surface area contributed by atoms with Crippen molar-refractivity contribution in [3.8, 4) is 5.75 Å². The van der Waals surface area contributed by atoms with E-state index < -0.39 is 0 Å². The van der Waals surface area contributed by atoms with Crippen molar-refractivity contribution in [3.63, 3.8) is 0 Å². The summed E-state index contributed by atoms with van der Waals surface area (Å²) in [5.74, 6) is 2.44. The van der Waals surface area contributed by atoms with E-state index in [1.54, 1.807) is 0 Å². The van der Waals surface area contributed by atoms with Crippen LogP contribution in [0.15, 0.2) is 24.3 Å². The van der Waals surface area contributed by atoms with Crippen LogP contribution in [0.2, 0.25) is 0 Å². The van der Waals surface area contributed by atoms with Gasteiger partial charge in [0, 0.05) is 17.9 Å². The minimum Gasteiger partial charge on any atom is -0.493 e. The summed E-state index contributed by atoms with van der Waals surface area (Å²) in [4.78, 5) is 0.